The summed E-state index contributed by atoms with van der Waals surface area (Å²) in [5.74, 6) is 0.654. The predicted molar refractivity (Wildman–Crippen MR) is 114 cm³/mol. The average Bonchev–Trinajstić information content (AvgIpc) is 3.36. The molecule has 3 heterocycles. The average molecular weight is 418 g/mol. The molecule has 0 saturated heterocycles. The summed E-state index contributed by atoms with van der Waals surface area (Å²) in [6.45, 7) is 2.08. The number of carbonyl (C=O) groups excluding carboxylic acids is 2. The highest BCUT2D eigenvalue weighted by Gasteiger charge is 2.28. The molecule has 1 saturated carbocycles. The lowest BCUT2D eigenvalue weighted by molar-refractivity contribution is -0.122. The largest absolute Gasteiger partial charge is 0.496 e. The third kappa shape index (κ3) is 3.41. The number of anilines is 1. The lowest BCUT2D eigenvalue weighted by Crippen LogP contribution is -2.26. The molecule has 1 amide bonds. The van der Waals surface area contributed by atoms with E-state index >= 15 is 0 Å². The van der Waals surface area contributed by atoms with E-state index in [1.54, 1.807) is 41.3 Å². The number of carbonyl (C=O) groups is 2. The maximum Gasteiger partial charge on any atom is 0.259 e. The van der Waals surface area contributed by atoms with Crippen LogP contribution in [-0.4, -0.2) is 43.2 Å². The Morgan fingerprint density at radius 3 is 3.00 bits per heavy atom. The Bertz CT molecular complexity index is 1310. The second-order valence-electron chi connectivity index (χ2n) is 7.95. The van der Waals surface area contributed by atoms with Crippen molar-refractivity contribution in [2.75, 3.05) is 12.4 Å². The van der Waals surface area contributed by atoms with Crippen LogP contribution in [0.3, 0.4) is 0 Å². The van der Waals surface area contributed by atoms with E-state index in [0.29, 0.717) is 41.3 Å². The second kappa shape index (κ2) is 7.50. The minimum absolute atomic E-state index is 0.165. The number of methoxy groups -OCH3 is 1. The molecule has 1 aliphatic carbocycles. The zero-order valence-electron chi connectivity index (χ0n) is 17.3. The van der Waals surface area contributed by atoms with Crippen molar-refractivity contribution in [3.05, 3.63) is 48.5 Å². The predicted octanol–water partition coefficient (Wildman–Crippen LogP) is 3.27. The smallest absolute Gasteiger partial charge is 0.259 e. The van der Waals surface area contributed by atoms with Crippen molar-refractivity contribution in [1.29, 1.82) is 0 Å². The molecule has 0 radical (unpaired) electrons. The van der Waals surface area contributed by atoms with Gasteiger partial charge in [0.05, 0.1) is 30.4 Å². The molecule has 1 N–H and O–H groups in total. The molecule has 4 aromatic rings. The van der Waals surface area contributed by atoms with E-state index < -0.39 is 0 Å². The highest BCUT2D eigenvalue weighted by atomic mass is 16.5. The van der Waals surface area contributed by atoms with Crippen LogP contribution in [0, 0.1) is 5.92 Å². The van der Waals surface area contributed by atoms with Crippen molar-refractivity contribution in [3.63, 3.8) is 0 Å². The number of nitrogens with zero attached hydrogens (tertiary/aromatic N) is 5. The highest BCUT2D eigenvalue weighted by Crippen LogP contribution is 2.34. The van der Waals surface area contributed by atoms with E-state index in [2.05, 4.69) is 22.3 Å². The van der Waals surface area contributed by atoms with E-state index in [4.69, 9.17) is 9.84 Å². The number of ketones is 1. The molecule has 1 aliphatic rings. The van der Waals surface area contributed by atoms with Crippen molar-refractivity contribution in [1.82, 2.24) is 24.4 Å². The summed E-state index contributed by atoms with van der Waals surface area (Å²) in [4.78, 5) is 29.1. The van der Waals surface area contributed by atoms with E-state index in [1.165, 1.54) is 7.11 Å². The summed E-state index contributed by atoms with van der Waals surface area (Å²) in [7, 11) is 1.53. The summed E-state index contributed by atoms with van der Waals surface area (Å²) in [6, 6.07) is 5.49. The van der Waals surface area contributed by atoms with Gasteiger partial charge in [0.2, 0.25) is 0 Å². The lowest BCUT2D eigenvalue weighted by Gasteiger charge is -2.28. The summed E-state index contributed by atoms with van der Waals surface area (Å²) in [5, 5.41) is 12.6. The number of fused-ring (bicyclic) bond motifs is 2. The molecule has 0 bridgehead atoms. The third-order valence-electron chi connectivity index (χ3n) is 5.88. The zero-order valence-corrected chi connectivity index (χ0v) is 17.3. The first-order valence-electron chi connectivity index (χ1n) is 10.2. The molecule has 158 valence electrons. The summed E-state index contributed by atoms with van der Waals surface area (Å²) in [6.07, 6.45) is 8.85. The second-order valence-corrected chi connectivity index (χ2v) is 7.95. The Morgan fingerprint density at radius 2 is 2.19 bits per heavy atom. The van der Waals surface area contributed by atoms with E-state index in [0.717, 1.165) is 17.3 Å². The fourth-order valence-electron chi connectivity index (χ4n) is 4.28. The monoisotopic (exact) mass is 418 g/mol. The number of aromatic nitrogens is 5. The van der Waals surface area contributed by atoms with Gasteiger partial charge in [0.25, 0.3) is 5.91 Å². The van der Waals surface area contributed by atoms with Crippen molar-refractivity contribution in [2.45, 2.75) is 32.2 Å². The van der Waals surface area contributed by atoms with Crippen LogP contribution < -0.4 is 10.1 Å². The SMILES string of the molecule is COc1cc2nn([C@@H]3CCC(=O)C[C@H]3C)cc2cc1C(=O)Nc1cnn2cccnc12. The van der Waals surface area contributed by atoms with E-state index in [-0.39, 0.29) is 17.9 Å². The molecular weight excluding hydrogens is 396 g/mol. The van der Waals surface area contributed by atoms with Gasteiger partial charge in [-0.25, -0.2) is 9.50 Å². The van der Waals surface area contributed by atoms with Crippen LogP contribution in [-0.2, 0) is 4.79 Å². The Morgan fingerprint density at radius 1 is 1.32 bits per heavy atom. The van der Waals surface area contributed by atoms with Crippen LogP contribution in [0.1, 0.15) is 42.6 Å². The molecule has 9 nitrogen and oxygen atoms in total. The maximum atomic E-state index is 13.1. The van der Waals surface area contributed by atoms with Gasteiger partial charge in [-0.15, -0.1) is 0 Å². The van der Waals surface area contributed by atoms with Gasteiger partial charge in [-0.1, -0.05) is 6.92 Å². The molecule has 9 heteroatoms. The number of amides is 1. The number of nitrogens with one attached hydrogen (secondary N) is 1. The van der Waals surface area contributed by atoms with Crippen LogP contribution in [0.4, 0.5) is 5.69 Å². The first-order chi connectivity index (χ1) is 15.0. The van der Waals surface area contributed by atoms with Crippen LogP contribution in [0.15, 0.2) is 43.0 Å². The molecule has 1 aromatic carbocycles. The van der Waals surface area contributed by atoms with Gasteiger partial charge in [0.15, 0.2) is 5.65 Å². The van der Waals surface area contributed by atoms with Crippen molar-refractivity contribution in [2.24, 2.45) is 5.92 Å². The number of hydrogen-bond acceptors (Lipinski definition) is 6. The Kier molecular flexibility index (Phi) is 4.65. The fraction of sp³-hybridized carbons (Fsp3) is 0.318. The Labute approximate surface area is 178 Å². The van der Waals surface area contributed by atoms with Gasteiger partial charge < -0.3 is 10.1 Å². The molecule has 3 aromatic heterocycles. The molecular formula is C22H22N6O3. The van der Waals surface area contributed by atoms with Gasteiger partial charge >= 0.3 is 0 Å². The summed E-state index contributed by atoms with van der Waals surface area (Å²) < 4.78 is 9.00. The number of hydrogen-bond donors (Lipinski definition) is 1. The molecule has 0 unspecified atom stereocenters. The summed E-state index contributed by atoms with van der Waals surface area (Å²) in [5.41, 5.74) is 2.22. The van der Waals surface area contributed by atoms with Crippen LogP contribution >= 0.6 is 0 Å². The molecule has 31 heavy (non-hydrogen) atoms. The Balaban J connectivity index is 1.48. The molecule has 1 fully saturated rings. The van der Waals surface area contributed by atoms with Crippen molar-refractivity contribution in [3.8, 4) is 5.75 Å². The quantitative estimate of drug-likeness (QED) is 0.546. The van der Waals surface area contributed by atoms with Gasteiger partial charge in [-0.3, -0.25) is 14.3 Å². The first kappa shape index (κ1) is 19.2. The normalized spacial score (nSPS) is 19.1. The maximum absolute atomic E-state index is 13.1. The van der Waals surface area contributed by atoms with Crippen molar-refractivity contribution < 1.29 is 14.3 Å². The van der Waals surface area contributed by atoms with Gasteiger partial charge in [0, 0.05) is 42.9 Å². The number of rotatable bonds is 4. The lowest BCUT2D eigenvalue weighted by atomic mass is 9.85. The summed E-state index contributed by atoms with van der Waals surface area (Å²) >= 11 is 0. The zero-order chi connectivity index (χ0) is 21.5. The standard InChI is InChI=1S/C22H22N6O3/c1-13-8-15(29)4-5-19(13)28-12-14-9-16(20(31-2)10-17(14)26-28)22(30)25-18-11-24-27-7-3-6-23-21(18)27/h3,6-7,9-13,19H,4-5,8H2,1-2H3,(H,25,30)/t13-,19-/m1/s1. The minimum atomic E-state index is -0.316. The number of ether oxygens (including phenoxy) is 1. The van der Waals surface area contributed by atoms with Gasteiger partial charge in [-0.05, 0) is 24.5 Å². The Hall–Kier alpha value is -3.75. The van der Waals surface area contributed by atoms with Crippen LogP contribution in [0.25, 0.3) is 16.6 Å². The fourth-order valence-corrected chi connectivity index (χ4v) is 4.28. The first-order valence-corrected chi connectivity index (χ1v) is 10.2. The molecule has 0 spiro atoms. The van der Waals surface area contributed by atoms with Gasteiger partial charge in [-0.2, -0.15) is 10.2 Å². The number of benzene rings is 1. The topological polar surface area (TPSA) is 103 Å². The van der Waals surface area contributed by atoms with Crippen LogP contribution in [0.5, 0.6) is 5.75 Å². The van der Waals surface area contributed by atoms with Gasteiger partial charge in [0.1, 0.15) is 17.2 Å². The third-order valence-corrected chi connectivity index (χ3v) is 5.88. The highest BCUT2D eigenvalue weighted by molar-refractivity contribution is 6.09. The molecule has 5 rings (SSSR count). The molecule has 0 aliphatic heterocycles. The minimum Gasteiger partial charge on any atom is -0.496 e. The van der Waals surface area contributed by atoms with Crippen LogP contribution in [0.2, 0.25) is 0 Å². The van der Waals surface area contributed by atoms with E-state index in [1.807, 2.05) is 10.9 Å². The van der Waals surface area contributed by atoms with E-state index in [9.17, 15) is 9.59 Å². The van der Waals surface area contributed by atoms with Crippen molar-refractivity contribution >= 4 is 33.9 Å². The number of Topliss-reactive ketones (excluding diaryl/α,β-unsaturated/α-hetero) is 1. The molecule has 2 atom stereocenters.